The van der Waals surface area contributed by atoms with E-state index in [4.69, 9.17) is 19.9 Å². The van der Waals surface area contributed by atoms with Gasteiger partial charge in [0.1, 0.15) is 0 Å². The third-order valence-electron chi connectivity index (χ3n) is 20.5. The number of nitrogens with zero attached hydrogens (tertiary/aromatic N) is 8. The summed E-state index contributed by atoms with van der Waals surface area (Å²) in [5.41, 5.74) is 23.8. The second kappa shape index (κ2) is 25.0. The SMILES string of the molecule is c1ccc(-c2nc(-c3ccccc3)nc(-c3ccc(-n4c5ccccc5c5cc(-c6ccc7c(c6)c6ccccc6n7-c6ccccc6)ccc54)cc3)n2)cc1.c1ccc(-n2c3ccccc3c3cc(-c4ccc5c(c4)c4ccccc4n5-c4ccc(-c5nccc6ccccc56)cc4)ccc32)cc1. The lowest BCUT2D eigenvalue weighted by Crippen LogP contribution is -2.00. The van der Waals surface area contributed by atoms with Gasteiger partial charge in [0, 0.05) is 99.7 Å². The Kier molecular flexibility index (Phi) is 14.4. The van der Waals surface area contributed by atoms with E-state index in [2.05, 4.69) is 328 Å². The van der Waals surface area contributed by atoms with Crippen LogP contribution in [0, 0.1) is 0 Å². The van der Waals surface area contributed by atoms with E-state index in [1.165, 1.54) is 115 Å². The van der Waals surface area contributed by atoms with Crippen LogP contribution in [0.1, 0.15) is 0 Å². The number of rotatable bonds is 10. The van der Waals surface area contributed by atoms with Crippen molar-refractivity contribution in [2.75, 3.05) is 0 Å². The fourth-order valence-corrected chi connectivity index (χ4v) is 15.7. The van der Waals surface area contributed by atoms with Gasteiger partial charge in [-0.05, 0) is 167 Å². The number of benzene rings is 15. The predicted octanol–water partition coefficient (Wildman–Crippen LogP) is 24.5. The van der Waals surface area contributed by atoms with Gasteiger partial charge in [-0.15, -0.1) is 0 Å². The van der Waals surface area contributed by atoms with Crippen molar-refractivity contribution in [1.82, 2.24) is 38.2 Å². The maximum atomic E-state index is 4.95. The number of aromatic nitrogens is 8. The van der Waals surface area contributed by atoms with Crippen LogP contribution in [0.15, 0.2) is 376 Å². The summed E-state index contributed by atoms with van der Waals surface area (Å²) in [5, 5.41) is 12.3. The normalized spacial score (nSPS) is 11.7. The maximum Gasteiger partial charge on any atom is 0.164 e. The molecule has 6 heterocycles. The highest BCUT2D eigenvalue weighted by atomic mass is 15.0. The summed E-state index contributed by atoms with van der Waals surface area (Å²) in [6, 6.07) is 132. The van der Waals surface area contributed by atoms with Crippen LogP contribution >= 0.6 is 0 Å². The minimum Gasteiger partial charge on any atom is -0.309 e. The van der Waals surface area contributed by atoms with Gasteiger partial charge in [-0.25, -0.2) is 15.0 Å². The van der Waals surface area contributed by atoms with Gasteiger partial charge in [-0.3, -0.25) is 4.98 Å². The monoisotopic (exact) mass is 1330 g/mol. The predicted molar refractivity (Wildman–Crippen MR) is 432 cm³/mol. The fourth-order valence-electron chi connectivity index (χ4n) is 15.7. The minimum absolute atomic E-state index is 0.639. The van der Waals surface area contributed by atoms with Gasteiger partial charge in [-0.2, -0.15) is 0 Å². The first-order valence-corrected chi connectivity index (χ1v) is 35.3. The Bertz CT molecular complexity index is 6810. The van der Waals surface area contributed by atoms with Crippen molar-refractivity contribution in [2.45, 2.75) is 0 Å². The molecular formula is C96H62N8. The molecular weight excluding hydrogens is 1270 g/mol. The lowest BCUT2D eigenvalue weighted by atomic mass is 10.0. The van der Waals surface area contributed by atoms with Crippen LogP contribution in [0.3, 0.4) is 0 Å². The molecule has 8 nitrogen and oxygen atoms in total. The van der Waals surface area contributed by atoms with E-state index in [9.17, 15) is 0 Å². The summed E-state index contributed by atoms with van der Waals surface area (Å²) in [6.45, 7) is 0. The lowest BCUT2D eigenvalue weighted by molar-refractivity contribution is 1.07. The van der Waals surface area contributed by atoms with Crippen LogP contribution in [0.4, 0.5) is 0 Å². The zero-order valence-electron chi connectivity index (χ0n) is 56.4. The van der Waals surface area contributed by atoms with Gasteiger partial charge in [-0.1, -0.05) is 231 Å². The Hall–Kier alpha value is -14.1. The molecule has 6 aromatic heterocycles. The summed E-state index contributed by atoms with van der Waals surface area (Å²) in [5.74, 6) is 1.94. The molecule has 104 heavy (non-hydrogen) atoms. The van der Waals surface area contributed by atoms with Crippen molar-refractivity contribution in [3.05, 3.63) is 376 Å². The minimum atomic E-state index is 0.639. The third kappa shape index (κ3) is 10.2. The first-order valence-electron chi connectivity index (χ1n) is 35.3. The van der Waals surface area contributed by atoms with Crippen LogP contribution in [0.5, 0.6) is 0 Å². The van der Waals surface area contributed by atoms with Crippen LogP contribution < -0.4 is 0 Å². The topological polar surface area (TPSA) is 71.3 Å². The molecule has 0 N–H and O–H groups in total. The largest absolute Gasteiger partial charge is 0.309 e. The molecule has 0 aliphatic rings. The molecule has 0 amide bonds. The van der Waals surface area contributed by atoms with E-state index in [1.807, 2.05) is 66.9 Å². The van der Waals surface area contributed by atoms with Crippen molar-refractivity contribution < 1.29 is 0 Å². The number of para-hydroxylation sites is 6. The molecule has 0 unspecified atom stereocenters. The van der Waals surface area contributed by atoms with Gasteiger partial charge < -0.3 is 18.3 Å². The second-order valence-corrected chi connectivity index (χ2v) is 26.5. The van der Waals surface area contributed by atoms with Crippen molar-refractivity contribution in [1.29, 1.82) is 0 Å². The van der Waals surface area contributed by atoms with E-state index >= 15 is 0 Å². The Morgan fingerprint density at radius 2 is 0.433 bits per heavy atom. The van der Waals surface area contributed by atoms with Gasteiger partial charge in [0.2, 0.25) is 0 Å². The smallest absolute Gasteiger partial charge is 0.164 e. The molecule has 0 fully saturated rings. The molecule has 0 radical (unpaired) electrons. The molecule has 21 aromatic rings. The Morgan fingerprint density at radius 1 is 0.173 bits per heavy atom. The van der Waals surface area contributed by atoms with Gasteiger partial charge >= 0.3 is 0 Å². The maximum absolute atomic E-state index is 4.95. The van der Waals surface area contributed by atoms with Crippen molar-refractivity contribution >= 4 is 98.0 Å². The second-order valence-electron chi connectivity index (χ2n) is 26.5. The molecule has 0 atom stereocenters. The molecule has 0 spiro atoms. The Labute approximate surface area is 599 Å². The highest BCUT2D eigenvalue weighted by molar-refractivity contribution is 6.15. The number of fused-ring (bicyclic) bond motifs is 13. The average Bonchev–Trinajstić information content (AvgIpc) is 1.59. The van der Waals surface area contributed by atoms with Crippen molar-refractivity contribution in [3.63, 3.8) is 0 Å². The summed E-state index contributed by atoms with van der Waals surface area (Å²) >= 11 is 0. The van der Waals surface area contributed by atoms with Crippen LogP contribution in [0.25, 0.3) is 188 Å². The summed E-state index contributed by atoms with van der Waals surface area (Å²) < 4.78 is 9.47. The number of hydrogen-bond acceptors (Lipinski definition) is 4. The number of pyridine rings is 1. The average molecular weight is 1330 g/mol. The summed E-state index contributed by atoms with van der Waals surface area (Å²) in [6.07, 6.45) is 1.90. The number of hydrogen-bond donors (Lipinski definition) is 0. The van der Waals surface area contributed by atoms with E-state index in [-0.39, 0.29) is 0 Å². The van der Waals surface area contributed by atoms with E-state index in [0.717, 1.165) is 56.0 Å². The van der Waals surface area contributed by atoms with E-state index < -0.39 is 0 Å². The first kappa shape index (κ1) is 59.9. The summed E-state index contributed by atoms with van der Waals surface area (Å²) in [4.78, 5) is 19.5. The van der Waals surface area contributed by atoms with E-state index in [0.29, 0.717) is 17.5 Å². The molecule has 0 saturated carbocycles. The molecule has 21 rings (SSSR count). The van der Waals surface area contributed by atoms with Crippen LogP contribution in [-0.2, 0) is 0 Å². The van der Waals surface area contributed by atoms with Gasteiger partial charge in [0.25, 0.3) is 0 Å². The third-order valence-corrected chi connectivity index (χ3v) is 20.5. The highest BCUT2D eigenvalue weighted by Gasteiger charge is 2.21. The Morgan fingerprint density at radius 3 is 0.788 bits per heavy atom. The van der Waals surface area contributed by atoms with Gasteiger partial charge in [0.15, 0.2) is 17.5 Å². The zero-order chi connectivity index (χ0) is 68.6. The van der Waals surface area contributed by atoms with Crippen LogP contribution in [0.2, 0.25) is 0 Å². The molecule has 0 aliphatic heterocycles. The van der Waals surface area contributed by atoms with Gasteiger partial charge in [0.05, 0.1) is 49.8 Å². The highest BCUT2D eigenvalue weighted by Crippen LogP contribution is 2.42. The van der Waals surface area contributed by atoms with Crippen molar-refractivity contribution in [2.24, 2.45) is 0 Å². The van der Waals surface area contributed by atoms with E-state index in [1.54, 1.807) is 0 Å². The first-order chi connectivity index (χ1) is 51.6. The summed E-state index contributed by atoms with van der Waals surface area (Å²) in [7, 11) is 0. The molecule has 8 heteroatoms. The van der Waals surface area contributed by atoms with Crippen molar-refractivity contribution in [3.8, 4) is 90.4 Å². The fraction of sp³-hybridized carbons (Fsp3) is 0. The molecule has 0 bridgehead atoms. The molecule has 0 saturated heterocycles. The zero-order valence-corrected chi connectivity index (χ0v) is 56.4. The molecule has 15 aromatic carbocycles. The quantitative estimate of drug-likeness (QED) is 0.137. The standard InChI is InChI=1S/C51H33N5.C45H29N3/c1-4-14-34(15-5-1)49-52-50(35-16-6-2-7-17-35)54-51(53-49)36-24-28-40(29-25-36)56-46-23-13-11-21-42(46)44-33-38(27-31-48(44)56)37-26-30-47-43(32-37)41-20-10-12-22-45(41)55(47)39-18-8-3-9-19-39;1-2-11-34(12-3-1)47-41-16-8-6-14-37(41)39-28-32(20-24-43(39)47)33-21-25-44-40(29-33)38-15-7-9-17-42(38)48(44)35-22-18-31(19-23-35)45-36-13-5-4-10-30(36)26-27-46-45/h1-33H;1-29H. The molecule has 0 aliphatic carbocycles. The molecule has 486 valence electrons. The Balaban J connectivity index is 0.000000140. The van der Waals surface area contributed by atoms with Crippen LogP contribution in [-0.4, -0.2) is 38.2 Å². The lowest BCUT2D eigenvalue weighted by Gasteiger charge is -2.11.